The van der Waals surface area contributed by atoms with Crippen molar-refractivity contribution < 1.29 is 48.1 Å². The summed E-state index contributed by atoms with van der Waals surface area (Å²) >= 11 is -5.55. The van der Waals surface area contributed by atoms with E-state index in [1.54, 1.807) is 18.2 Å². The van der Waals surface area contributed by atoms with Crippen LogP contribution in [0.15, 0.2) is 97.0 Å². The van der Waals surface area contributed by atoms with Gasteiger partial charge in [-0.15, -0.1) is 0 Å². The molecule has 0 bridgehead atoms. The molecule has 15 nitrogen and oxygen atoms in total. The van der Waals surface area contributed by atoms with Crippen LogP contribution in [0.2, 0.25) is 0 Å². The van der Waals surface area contributed by atoms with Crippen LogP contribution in [0.25, 0.3) is 10.8 Å². The number of hydrogen-bond donors (Lipinski definition) is 6. The van der Waals surface area contributed by atoms with Gasteiger partial charge in [-0.3, -0.25) is 0 Å². The zero-order chi connectivity index (χ0) is 29.5. The molecule has 0 heterocycles. The number of phenols is 2. The molecule has 0 atom stereocenters. The van der Waals surface area contributed by atoms with Crippen molar-refractivity contribution in [1.29, 1.82) is 0 Å². The molecule has 0 aliphatic rings. The van der Waals surface area contributed by atoms with Gasteiger partial charge in [0.05, 0.1) is 0 Å². The Labute approximate surface area is 228 Å². The van der Waals surface area contributed by atoms with Crippen LogP contribution in [0, 0.1) is 0 Å². The molecule has 0 aromatic heterocycles. The van der Waals surface area contributed by atoms with Gasteiger partial charge in [0, 0.05) is 0 Å². The van der Waals surface area contributed by atoms with Gasteiger partial charge in [0.2, 0.25) is 0 Å². The SMILES string of the molecule is O=S(=O)(O)c1cc2cc(S(=O)(=O)O)c(N=Nc3ccccc3[As](=O)(O)O)c(O)c2c(O)c1N=Nc1ccccc1. The van der Waals surface area contributed by atoms with Gasteiger partial charge in [-0.25, -0.2) is 0 Å². The first-order valence-electron chi connectivity index (χ1n) is 10.6. The van der Waals surface area contributed by atoms with E-state index in [9.17, 15) is 48.1 Å². The van der Waals surface area contributed by atoms with Gasteiger partial charge in [0.25, 0.3) is 0 Å². The fraction of sp³-hybridized carbons (Fsp3) is 0. The van der Waals surface area contributed by atoms with E-state index in [1.807, 2.05) is 0 Å². The normalized spacial score (nSPS) is 13.0. The first-order chi connectivity index (χ1) is 18.6. The van der Waals surface area contributed by atoms with Gasteiger partial charge in [-0.05, 0) is 12.1 Å². The summed E-state index contributed by atoms with van der Waals surface area (Å²) in [6.07, 6.45) is 0. The number of benzene rings is 4. The van der Waals surface area contributed by atoms with Crippen LogP contribution in [0.4, 0.5) is 22.7 Å². The van der Waals surface area contributed by atoms with Crippen LogP contribution >= 0.6 is 0 Å². The topological polar surface area (TPSA) is 256 Å². The molecule has 0 radical (unpaired) electrons. The molecule has 4 rings (SSSR count). The Kier molecular flexibility index (Phi) is 7.66. The Balaban J connectivity index is 2.05. The van der Waals surface area contributed by atoms with E-state index in [-0.39, 0.29) is 11.4 Å². The molecule has 0 amide bonds. The van der Waals surface area contributed by atoms with Crippen LogP contribution in [-0.2, 0) is 24.0 Å². The third-order valence-electron chi connectivity index (χ3n) is 5.28. The van der Waals surface area contributed by atoms with Crippen molar-refractivity contribution >= 4 is 72.3 Å². The van der Waals surface area contributed by atoms with Crippen LogP contribution in [0.1, 0.15) is 0 Å². The second-order valence-electron chi connectivity index (χ2n) is 7.96. The molecule has 4 aromatic carbocycles. The Morgan fingerprint density at radius 3 is 1.62 bits per heavy atom. The van der Waals surface area contributed by atoms with Crippen molar-refractivity contribution in [3.63, 3.8) is 0 Å². The second-order valence-corrected chi connectivity index (χ2v) is 14.0. The van der Waals surface area contributed by atoms with Gasteiger partial charge in [-0.2, -0.15) is 0 Å². The molecule has 0 saturated heterocycles. The van der Waals surface area contributed by atoms with E-state index in [0.29, 0.717) is 12.1 Å². The average Bonchev–Trinajstić information content (AvgIpc) is 2.86. The van der Waals surface area contributed by atoms with Crippen molar-refractivity contribution in [2.75, 3.05) is 0 Å². The van der Waals surface area contributed by atoms with E-state index in [4.69, 9.17) is 0 Å². The van der Waals surface area contributed by atoms with Crippen molar-refractivity contribution in [1.82, 2.24) is 0 Å². The summed E-state index contributed by atoms with van der Waals surface area (Å²) in [6, 6.07) is 14.0. The predicted octanol–water partition coefficient (Wildman–Crippen LogP) is 3.14. The maximum atomic E-state index is 12.1. The summed E-state index contributed by atoms with van der Waals surface area (Å²) in [5.74, 6) is -2.21. The molecular formula is C22H17AsN4O11S2. The average molecular weight is 652 g/mol. The summed E-state index contributed by atoms with van der Waals surface area (Å²) < 4.78 is 98.5. The van der Waals surface area contributed by atoms with E-state index in [0.717, 1.165) is 12.1 Å². The molecule has 208 valence electrons. The molecule has 40 heavy (non-hydrogen) atoms. The minimum absolute atomic E-state index is 0.217. The van der Waals surface area contributed by atoms with Crippen LogP contribution < -0.4 is 4.35 Å². The summed E-state index contributed by atoms with van der Waals surface area (Å²) in [5.41, 5.74) is -1.97. The van der Waals surface area contributed by atoms with E-state index >= 15 is 0 Å². The fourth-order valence-corrected chi connectivity index (χ4v) is 6.33. The number of aromatic hydroxyl groups is 2. The van der Waals surface area contributed by atoms with Gasteiger partial charge in [-0.1, -0.05) is 18.2 Å². The number of phenolic OH excluding ortho intramolecular Hbond substituents is 2. The smallest absolute Gasteiger partial charge is 0.0621 e. The van der Waals surface area contributed by atoms with Gasteiger partial charge >= 0.3 is 199 Å². The Morgan fingerprint density at radius 1 is 0.650 bits per heavy atom. The zero-order valence-corrected chi connectivity index (χ0v) is 23.1. The number of fused-ring (bicyclic) bond motifs is 1. The minimum atomic E-state index is -5.55. The molecule has 0 aliphatic heterocycles. The fourth-order valence-electron chi connectivity index (χ4n) is 3.55. The van der Waals surface area contributed by atoms with Gasteiger partial charge in [0.1, 0.15) is 0 Å². The van der Waals surface area contributed by atoms with Crippen molar-refractivity contribution in [3.8, 4) is 11.5 Å². The van der Waals surface area contributed by atoms with Crippen LogP contribution in [-0.4, -0.2) is 58.5 Å². The maximum absolute atomic E-state index is 12.1. The van der Waals surface area contributed by atoms with Crippen molar-refractivity contribution in [2.24, 2.45) is 20.5 Å². The third kappa shape index (κ3) is 5.95. The van der Waals surface area contributed by atoms with Gasteiger partial charge in [0.15, 0.2) is 0 Å². The molecular weight excluding hydrogens is 635 g/mol. The number of hydrogen-bond acceptors (Lipinski definition) is 11. The van der Waals surface area contributed by atoms with Crippen LogP contribution in [0.5, 0.6) is 11.5 Å². The van der Waals surface area contributed by atoms with Crippen molar-refractivity contribution in [3.05, 3.63) is 66.7 Å². The van der Waals surface area contributed by atoms with Crippen molar-refractivity contribution in [2.45, 2.75) is 9.79 Å². The Morgan fingerprint density at radius 2 is 1.12 bits per heavy atom. The second kappa shape index (κ2) is 10.5. The summed E-state index contributed by atoms with van der Waals surface area (Å²) in [6.45, 7) is 0. The Hall–Kier alpha value is -3.96. The molecule has 4 aromatic rings. The summed E-state index contributed by atoms with van der Waals surface area (Å²) in [5, 5.41) is 35.5. The zero-order valence-electron chi connectivity index (χ0n) is 19.6. The first kappa shape index (κ1) is 29.0. The molecule has 0 spiro atoms. The third-order valence-corrected chi connectivity index (χ3v) is 9.13. The number of nitrogens with zero attached hydrogens (tertiary/aromatic N) is 4. The standard InChI is InChI=1S/C22H17AsN4O11S2/c28-21-18-12(10-16(39(33,34)35)19(21)26-24-13-6-2-1-3-7-13)11-17(40(36,37)38)20(22(18)29)27-25-15-9-5-4-8-14(15)23(30,31)32/h1-11,28-29H,(H2,30,31,32)(H,33,34,35)(H,36,37,38). The molecule has 0 fully saturated rings. The predicted molar refractivity (Wildman–Crippen MR) is 139 cm³/mol. The van der Waals surface area contributed by atoms with Gasteiger partial charge < -0.3 is 0 Å². The Bertz CT molecular complexity index is 1980. The van der Waals surface area contributed by atoms with E-state index < -0.39 is 82.2 Å². The van der Waals surface area contributed by atoms with Crippen LogP contribution in [0.3, 0.4) is 0 Å². The quantitative estimate of drug-likeness (QED) is 0.0960. The molecule has 6 N–H and O–H groups in total. The molecule has 0 unspecified atom stereocenters. The number of rotatable bonds is 7. The molecule has 0 aliphatic carbocycles. The number of azo groups is 2. The molecule has 0 saturated carbocycles. The molecule has 18 heteroatoms. The minimum Gasteiger partial charge on any atom is -0.0621 e. The first-order valence-corrected chi connectivity index (χ1v) is 16.9. The summed E-state index contributed by atoms with van der Waals surface area (Å²) in [7, 11) is -10.3. The monoisotopic (exact) mass is 652 g/mol. The summed E-state index contributed by atoms with van der Waals surface area (Å²) in [4.78, 5) is -2.12. The van der Waals surface area contributed by atoms with E-state index in [2.05, 4.69) is 20.5 Å². The van der Waals surface area contributed by atoms with E-state index in [1.165, 1.54) is 24.3 Å².